The van der Waals surface area contributed by atoms with Crippen molar-refractivity contribution in [1.82, 2.24) is 9.13 Å². The van der Waals surface area contributed by atoms with Crippen molar-refractivity contribution in [3.05, 3.63) is 71.0 Å². The Bertz CT molecular complexity index is 1140. The Morgan fingerprint density at radius 2 is 1.12 bits per heavy atom. The predicted octanol–water partition coefficient (Wildman–Crippen LogP) is 5.09. The van der Waals surface area contributed by atoms with Crippen molar-refractivity contribution < 1.29 is 0 Å². The molecule has 0 aliphatic heterocycles. The van der Waals surface area contributed by atoms with E-state index in [1.807, 2.05) is 0 Å². The average Bonchev–Trinajstić information content (AvgIpc) is 3.23. The summed E-state index contributed by atoms with van der Waals surface area (Å²) >= 11 is 0. The normalized spacial score (nSPS) is 26.5. The Kier molecular flexibility index (Phi) is 2.40. The number of nitrogens with zero attached hydrogens (tertiary/aromatic N) is 2. The molecule has 2 nitrogen and oxygen atoms in total. The van der Waals surface area contributed by atoms with Crippen molar-refractivity contribution in [3.63, 3.8) is 0 Å². The van der Waals surface area contributed by atoms with Gasteiger partial charge in [-0.1, -0.05) is 50.2 Å². The number of para-hydroxylation sites is 2. The second kappa shape index (κ2) is 4.25. The monoisotopic (exact) mass is 340 g/mol. The van der Waals surface area contributed by atoms with Crippen LogP contribution in [0.15, 0.2) is 48.5 Å². The molecule has 26 heavy (non-hydrogen) atoms. The van der Waals surface area contributed by atoms with Crippen molar-refractivity contribution in [2.45, 2.75) is 32.1 Å². The van der Waals surface area contributed by atoms with Gasteiger partial charge in [0, 0.05) is 52.7 Å². The zero-order valence-corrected chi connectivity index (χ0v) is 15.9. The summed E-state index contributed by atoms with van der Waals surface area (Å²) in [6, 6.07) is 17.9. The SMILES string of the molecule is Cn1c2c(c3ccccc31)C1(C)c3c(n(C)c4ccccc34)CC1(C)C2. The molecule has 6 rings (SSSR count). The Morgan fingerprint density at radius 3 is 1.58 bits per heavy atom. The number of aryl methyl sites for hydroxylation is 2. The number of hydrogen-bond acceptors (Lipinski definition) is 0. The molecule has 0 fully saturated rings. The maximum absolute atomic E-state index is 2.52. The molecular formula is C24H24N2. The summed E-state index contributed by atoms with van der Waals surface area (Å²) in [6.45, 7) is 5.03. The van der Waals surface area contributed by atoms with Crippen LogP contribution >= 0.6 is 0 Å². The first-order valence-corrected chi connectivity index (χ1v) is 9.61. The molecule has 0 saturated carbocycles. The van der Waals surface area contributed by atoms with E-state index in [1.165, 1.54) is 33.2 Å². The van der Waals surface area contributed by atoms with Crippen molar-refractivity contribution >= 4 is 21.8 Å². The summed E-state index contributed by atoms with van der Waals surface area (Å²) in [5.41, 5.74) is 9.29. The van der Waals surface area contributed by atoms with Gasteiger partial charge in [-0.15, -0.1) is 0 Å². The number of benzene rings is 2. The number of fused-ring (bicyclic) bond motifs is 9. The third-order valence-electron chi connectivity index (χ3n) is 7.78. The number of aromatic nitrogens is 2. The standard InChI is InChI=1S/C24H24N2/c1-23-13-19-21(15-9-5-7-11-17(15)25(19)3)24(23,2)22-16-10-6-8-12-18(16)26(4)20(22)14-23/h5-12H,13-14H2,1-4H3. The van der Waals surface area contributed by atoms with Crippen molar-refractivity contribution in [3.8, 4) is 0 Å². The van der Waals surface area contributed by atoms with Gasteiger partial charge in [0.2, 0.25) is 0 Å². The highest BCUT2D eigenvalue weighted by Crippen LogP contribution is 2.65. The van der Waals surface area contributed by atoms with Crippen molar-refractivity contribution in [2.75, 3.05) is 0 Å². The van der Waals surface area contributed by atoms with Gasteiger partial charge in [0.05, 0.1) is 0 Å². The summed E-state index contributed by atoms with van der Waals surface area (Å²) < 4.78 is 4.90. The highest BCUT2D eigenvalue weighted by Gasteiger charge is 2.60. The maximum Gasteiger partial charge on any atom is 0.0483 e. The van der Waals surface area contributed by atoms with E-state index in [9.17, 15) is 0 Å². The molecule has 0 N–H and O–H groups in total. The second-order valence-corrected chi connectivity index (χ2v) is 8.83. The van der Waals surface area contributed by atoms with E-state index in [0.717, 1.165) is 12.8 Å². The van der Waals surface area contributed by atoms with Crippen molar-refractivity contribution in [2.24, 2.45) is 19.5 Å². The topological polar surface area (TPSA) is 9.86 Å². The highest BCUT2D eigenvalue weighted by molar-refractivity contribution is 5.94. The molecule has 0 bridgehead atoms. The third-order valence-corrected chi connectivity index (χ3v) is 7.78. The van der Waals surface area contributed by atoms with Gasteiger partial charge in [-0.05, 0) is 41.5 Å². The van der Waals surface area contributed by atoms with E-state index >= 15 is 0 Å². The van der Waals surface area contributed by atoms with Crippen LogP contribution in [0, 0.1) is 5.41 Å². The van der Waals surface area contributed by atoms with Crippen LogP contribution < -0.4 is 0 Å². The predicted molar refractivity (Wildman–Crippen MR) is 108 cm³/mol. The minimum Gasteiger partial charge on any atom is -0.347 e. The number of hydrogen-bond donors (Lipinski definition) is 0. The molecule has 0 amide bonds. The van der Waals surface area contributed by atoms with Crippen LogP contribution in [-0.2, 0) is 32.4 Å². The van der Waals surface area contributed by atoms with Gasteiger partial charge in [0.1, 0.15) is 0 Å². The fourth-order valence-electron chi connectivity index (χ4n) is 6.31. The number of rotatable bonds is 0. The summed E-state index contributed by atoms with van der Waals surface area (Å²) in [4.78, 5) is 0. The lowest BCUT2D eigenvalue weighted by Crippen LogP contribution is -2.35. The van der Waals surface area contributed by atoms with E-state index in [-0.39, 0.29) is 10.8 Å². The summed E-state index contributed by atoms with van der Waals surface area (Å²) in [5, 5.41) is 2.88. The van der Waals surface area contributed by atoms with E-state index in [4.69, 9.17) is 0 Å². The van der Waals surface area contributed by atoms with E-state index in [0.29, 0.717) is 0 Å². The van der Waals surface area contributed by atoms with Crippen LogP contribution in [-0.4, -0.2) is 9.13 Å². The van der Waals surface area contributed by atoms with E-state index in [2.05, 4.69) is 85.6 Å². The first kappa shape index (κ1) is 14.7. The maximum atomic E-state index is 2.52. The van der Waals surface area contributed by atoms with Crippen LogP contribution in [0.3, 0.4) is 0 Å². The van der Waals surface area contributed by atoms with E-state index in [1.54, 1.807) is 11.1 Å². The van der Waals surface area contributed by atoms with Crippen LogP contribution in [0.4, 0.5) is 0 Å². The molecule has 2 aromatic carbocycles. The lowest BCUT2D eigenvalue weighted by Gasteiger charge is -2.36. The minimum atomic E-state index is 0.0688. The van der Waals surface area contributed by atoms with Crippen LogP contribution in [0.2, 0.25) is 0 Å². The molecule has 2 aliphatic rings. The molecular weight excluding hydrogens is 316 g/mol. The molecule has 2 aliphatic carbocycles. The van der Waals surface area contributed by atoms with E-state index < -0.39 is 0 Å². The summed E-state index contributed by atoms with van der Waals surface area (Å²) in [7, 11) is 4.50. The van der Waals surface area contributed by atoms with Crippen LogP contribution in [0.25, 0.3) is 21.8 Å². The van der Waals surface area contributed by atoms with Gasteiger partial charge < -0.3 is 9.13 Å². The quantitative estimate of drug-likeness (QED) is 0.422. The molecule has 0 spiro atoms. The molecule has 0 radical (unpaired) electrons. The molecule has 0 saturated heterocycles. The second-order valence-electron chi connectivity index (χ2n) is 8.83. The molecule has 2 heteroatoms. The molecule has 2 aromatic heterocycles. The van der Waals surface area contributed by atoms with Gasteiger partial charge in [-0.2, -0.15) is 0 Å². The lowest BCUT2D eigenvalue weighted by atomic mass is 9.65. The highest BCUT2D eigenvalue weighted by atomic mass is 15.0. The first-order valence-electron chi connectivity index (χ1n) is 9.61. The van der Waals surface area contributed by atoms with Gasteiger partial charge in [-0.25, -0.2) is 0 Å². The molecule has 4 aromatic rings. The molecule has 130 valence electrons. The van der Waals surface area contributed by atoms with Gasteiger partial charge in [-0.3, -0.25) is 0 Å². The fraction of sp³-hybridized carbons (Fsp3) is 0.333. The Labute approximate surface area is 154 Å². The Balaban J connectivity index is 1.80. The molecule has 0 atom stereocenters. The molecule has 2 heterocycles. The average molecular weight is 340 g/mol. The molecule has 0 unspecified atom stereocenters. The zero-order valence-electron chi connectivity index (χ0n) is 15.9. The Morgan fingerprint density at radius 1 is 0.692 bits per heavy atom. The lowest BCUT2D eigenvalue weighted by molar-refractivity contribution is 0.242. The van der Waals surface area contributed by atoms with Gasteiger partial charge in [0.25, 0.3) is 0 Å². The smallest absolute Gasteiger partial charge is 0.0483 e. The summed E-state index contributed by atoms with van der Waals surface area (Å²) in [5.74, 6) is 0. The zero-order chi connectivity index (χ0) is 17.8. The third kappa shape index (κ3) is 1.33. The fourth-order valence-corrected chi connectivity index (χ4v) is 6.31. The Hall–Kier alpha value is -2.48. The van der Waals surface area contributed by atoms with Gasteiger partial charge >= 0.3 is 0 Å². The van der Waals surface area contributed by atoms with Crippen molar-refractivity contribution in [1.29, 1.82) is 0 Å². The first-order chi connectivity index (χ1) is 12.5. The minimum absolute atomic E-state index is 0.0688. The van der Waals surface area contributed by atoms with Gasteiger partial charge in [0.15, 0.2) is 0 Å². The van der Waals surface area contributed by atoms with Crippen LogP contribution in [0.1, 0.15) is 36.4 Å². The summed E-state index contributed by atoms with van der Waals surface area (Å²) in [6.07, 6.45) is 2.32. The van der Waals surface area contributed by atoms with Crippen LogP contribution in [0.5, 0.6) is 0 Å². The largest absolute Gasteiger partial charge is 0.347 e.